The predicted molar refractivity (Wildman–Crippen MR) is 105 cm³/mol. The van der Waals surface area contributed by atoms with Gasteiger partial charge in [-0.05, 0) is 31.0 Å². The fourth-order valence-electron chi connectivity index (χ4n) is 3.94. The van der Waals surface area contributed by atoms with Crippen molar-refractivity contribution in [1.82, 2.24) is 9.88 Å². The summed E-state index contributed by atoms with van der Waals surface area (Å²) < 4.78 is 4.95. The van der Waals surface area contributed by atoms with Gasteiger partial charge in [-0.15, -0.1) is 11.8 Å². The summed E-state index contributed by atoms with van der Waals surface area (Å²) in [5.41, 5.74) is 1.61. The molecule has 4 atom stereocenters. The van der Waals surface area contributed by atoms with E-state index in [1.165, 1.54) is 0 Å². The summed E-state index contributed by atoms with van der Waals surface area (Å²) in [6.07, 6.45) is 2.07. The summed E-state index contributed by atoms with van der Waals surface area (Å²) in [6, 6.07) is 14.2. The largest absolute Gasteiger partial charge is 0.459 e. The first kappa shape index (κ1) is 19.0. The third-order valence-electron chi connectivity index (χ3n) is 5.39. The van der Waals surface area contributed by atoms with E-state index < -0.39 is 16.8 Å². The molecule has 2 aromatic rings. The number of hydrogen-bond acceptors (Lipinski definition) is 6. The van der Waals surface area contributed by atoms with Crippen LogP contribution in [0.25, 0.3) is 0 Å². The van der Waals surface area contributed by atoms with Gasteiger partial charge in [-0.1, -0.05) is 36.4 Å². The summed E-state index contributed by atoms with van der Waals surface area (Å²) in [5.74, 6) is -0.904. The van der Waals surface area contributed by atoms with Crippen molar-refractivity contribution < 1.29 is 19.4 Å². The van der Waals surface area contributed by atoms with Crippen LogP contribution in [0.3, 0.4) is 0 Å². The molecule has 1 aromatic carbocycles. The van der Waals surface area contributed by atoms with Crippen molar-refractivity contribution >= 4 is 23.6 Å². The smallest absolute Gasteiger partial charge is 0.330 e. The number of fused-ring (bicyclic) bond motifs is 1. The molecule has 3 heterocycles. The van der Waals surface area contributed by atoms with E-state index in [0.717, 1.165) is 5.56 Å². The molecule has 0 bridgehead atoms. The highest BCUT2D eigenvalue weighted by atomic mass is 32.2. The molecule has 6 nitrogen and oxygen atoms in total. The normalized spacial score (nSPS) is 28.6. The molecule has 0 radical (unpaired) electrons. The zero-order chi connectivity index (χ0) is 19.7. The Balaban J connectivity index is 1.55. The van der Waals surface area contributed by atoms with E-state index >= 15 is 0 Å². The molecule has 1 aromatic heterocycles. The first-order chi connectivity index (χ1) is 13.5. The average molecular weight is 398 g/mol. The number of ether oxygens (including phenoxy) is 1. The summed E-state index contributed by atoms with van der Waals surface area (Å²) >= 11 is 1.56. The van der Waals surface area contributed by atoms with Crippen molar-refractivity contribution in [3.63, 3.8) is 0 Å². The lowest BCUT2D eigenvalue weighted by atomic mass is 9.87. The van der Waals surface area contributed by atoms with Crippen LogP contribution in [0.1, 0.15) is 30.5 Å². The maximum atomic E-state index is 13.0. The molecular weight excluding hydrogens is 376 g/mol. The number of aliphatic hydroxyl groups is 1. The molecular formula is C21H22N2O4S. The second-order valence-electron chi connectivity index (χ2n) is 7.27. The zero-order valence-electron chi connectivity index (χ0n) is 15.5. The number of benzene rings is 1. The number of carbonyl (C=O) groups is 2. The molecule has 28 heavy (non-hydrogen) atoms. The third kappa shape index (κ3) is 3.18. The Labute approximate surface area is 167 Å². The summed E-state index contributed by atoms with van der Waals surface area (Å²) in [4.78, 5) is 31.8. The second kappa shape index (κ2) is 7.56. The Hall–Kier alpha value is -2.38. The highest BCUT2D eigenvalue weighted by Crippen LogP contribution is 2.57. The predicted octanol–water partition coefficient (Wildman–Crippen LogP) is 2.33. The average Bonchev–Trinajstić information content (AvgIpc) is 2.97. The molecule has 1 amide bonds. The van der Waals surface area contributed by atoms with Crippen LogP contribution in [-0.4, -0.2) is 49.6 Å². The fourth-order valence-corrected chi connectivity index (χ4v) is 5.77. The van der Waals surface area contributed by atoms with Gasteiger partial charge in [0.25, 0.3) is 0 Å². The molecule has 0 spiro atoms. The molecule has 2 unspecified atom stereocenters. The van der Waals surface area contributed by atoms with Crippen molar-refractivity contribution in [3.8, 4) is 0 Å². The zero-order valence-corrected chi connectivity index (χ0v) is 16.3. The van der Waals surface area contributed by atoms with Crippen LogP contribution < -0.4 is 0 Å². The molecule has 146 valence electrons. The Morgan fingerprint density at radius 1 is 1.25 bits per heavy atom. The van der Waals surface area contributed by atoms with Gasteiger partial charge in [-0.2, -0.15) is 0 Å². The Morgan fingerprint density at radius 3 is 2.68 bits per heavy atom. The summed E-state index contributed by atoms with van der Waals surface area (Å²) in [6.45, 7) is 2.02. The Bertz CT molecular complexity index is 863. The number of thioether (sulfide) groups is 1. The van der Waals surface area contributed by atoms with E-state index in [2.05, 4.69) is 4.98 Å². The topological polar surface area (TPSA) is 79.7 Å². The molecule has 2 aliphatic rings. The maximum Gasteiger partial charge on any atom is 0.330 e. The van der Waals surface area contributed by atoms with Crippen molar-refractivity contribution in [1.29, 1.82) is 0 Å². The van der Waals surface area contributed by atoms with E-state index in [0.29, 0.717) is 12.1 Å². The lowest BCUT2D eigenvalue weighted by molar-refractivity contribution is -0.164. The van der Waals surface area contributed by atoms with E-state index in [9.17, 15) is 14.7 Å². The van der Waals surface area contributed by atoms with Crippen LogP contribution >= 0.6 is 11.8 Å². The summed E-state index contributed by atoms with van der Waals surface area (Å²) in [7, 11) is 0. The number of aliphatic hydroxyl groups excluding tert-OH is 1. The van der Waals surface area contributed by atoms with Crippen LogP contribution in [0.4, 0.5) is 0 Å². The number of rotatable bonds is 6. The van der Waals surface area contributed by atoms with Gasteiger partial charge in [-0.25, -0.2) is 4.79 Å². The minimum atomic E-state index is -0.717. The SMILES string of the molecule is CC1(CCO)S[C@@H]2C(c3ccccn3)C(=O)N2[C@H]1C(=O)OCc1ccccc1. The number of nitrogens with zero attached hydrogens (tertiary/aromatic N) is 2. The molecule has 4 rings (SSSR count). The minimum absolute atomic E-state index is 0.0605. The lowest BCUT2D eigenvalue weighted by Gasteiger charge is -2.43. The molecule has 0 saturated carbocycles. The van der Waals surface area contributed by atoms with Gasteiger partial charge in [0.1, 0.15) is 18.6 Å². The van der Waals surface area contributed by atoms with Crippen LogP contribution in [-0.2, 0) is 20.9 Å². The van der Waals surface area contributed by atoms with Crippen LogP contribution in [0, 0.1) is 0 Å². The van der Waals surface area contributed by atoms with E-state index in [1.807, 2.05) is 55.5 Å². The van der Waals surface area contributed by atoms with Crippen molar-refractivity contribution in [3.05, 3.63) is 66.0 Å². The number of aromatic nitrogens is 1. The van der Waals surface area contributed by atoms with Crippen molar-refractivity contribution in [2.45, 2.75) is 42.0 Å². The number of amides is 1. The highest BCUT2D eigenvalue weighted by Gasteiger charge is 2.65. The number of pyridine rings is 1. The van der Waals surface area contributed by atoms with Gasteiger partial charge < -0.3 is 14.7 Å². The summed E-state index contributed by atoms with van der Waals surface area (Å²) in [5, 5.41) is 9.39. The molecule has 7 heteroatoms. The fraction of sp³-hybridized carbons (Fsp3) is 0.381. The van der Waals surface area contributed by atoms with Gasteiger partial charge >= 0.3 is 5.97 Å². The number of β-lactam (4-membered cyclic amide) rings is 1. The van der Waals surface area contributed by atoms with E-state index in [1.54, 1.807) is 22.9 Å². The molecule has 2 fully saturated rings. The van der Waals surface area contributed by atoms with Crippen LogP contribution in [0.15, 0.2) is 54.7 Å². The second-order valence-corrected chi connectivity index (χ2v) is 8.92. The van der Waals surface area contributed by atoms with Crippen LogP contribution in [0.2, 0.25) is 0 Å². The van der Waals surface area contributed by atoms with Gasteiger partial charge in [0.2, 0.25) is 5.91 Å². The number of hydrogen-bond donors (Lipinski definition) is 1. The third-order valence-corrected chi connectivity index (χ3v) is 7.09. The molecule has 2 aliphatic heterocycles. The quantitative estimate of drug-likeness (QED) is 0.594. The van der Waals surface area contributed by atoms with Crippen molar-refractivity contribution in [2.24, 2.45) is 0 Å². The molecule has 0 aliphatic carbocycles. The first-order valence-corrected chi connectivity index (χ1v) is 10.2. The van der Waals surface area contributed by atoms with Crippen molar-refractivity contribution in [2.75, 3.05) is 6.61 Å². The van der Waals surface area contributed by atoms with Gasteiger partial charge in [0.15, 0.2) is 0 Å². The Morgan fingerprint density at radius 2 is 2.00 bits per heavy atom. The molecule has 2 saturated heterocycles. The standard InChI is InChI=1S/C21H22N2O4S/c1-21(10-12-24)17(20(26)27-13-14-7-3-2-4-8-14)23-18(25)16(19(23)28-21)15-9-5-6-11-22-15/h2-9,11,16-17,19,24H,10,12-13H2,1H3/t16?,17-,19+,21?/m0/s1. The number of carbonyl (C=O) groups excluding carboxylic acids is 2. The van der Waals surface area contributed by atoms with Crippen LogP contribution in [0.5, 0.6) is 0 Å². The Kier molecular flexibility index (Phi) is 5.12. The lowest BCUT2D eigenvalue weighted by Crippen LogP contribution is -2.62. The molecule has 1 N–H and O–H groups in total. The number of esters is 1. The van der Waals surface area contributed by atoms with E-state index in [-0.39, 0.29) is 30.4 Å². The highest BCUT2D eigenvalue weighted by molar-refractivity contribution is 8.01. The monoisotopic (exact) mass is 398 g/mol. The van der Waals surface area contributed by atoms with E-state index in [4.69, 9.17) is 4.74 Å². The first-order valence-electron chi connectivity index (χ1n) is 9.27. The minimum Gasteiger partial charge on any atom is -0.459 e. The maximum absolute atomic E-state index is 13.0. The van der Waals surface area contributed by atoms with Gasteiger partial charge in [0.05, 0.1) is 11.1 Å². The van der Waals surface area contributed by atoms with Gasteiger partial charge in [0, 0.05) is 17.6 Å². The van der Waals surface area contributed by atoms with Gasteiger partial charge in [-0.3, -0.25) is 9.78 Å².